The number of sulfonamides is 1. The van der Waals surface area contributed by atoms with Gasteiger partial charge in [-0.25, -0.2) is 8.42 Å². The van der Waals surface area contributed by atoms with Crippen LogP contribution in [0.2, 0.25) is 5.02 Å². The van der Waals surface area contributed by atoms with E-state index in [1.807, 2.05) is 39.8 Å². The number of hydrogen-bond acceptors (Lipinski definition) is 3. The third-order valence-electron chi connectivity index (χ3n) is 5.29. The number of halogens is 1. The minimum Gasteiger partial charge on any atom is -0.348 e. The third-order valence-corrected chi connectivity index (χ3v) is 7.38. The van der Waals surface area contributed by atoms with Gasteiger partial charge in [-0.1, -0.05) is 65.2 Å². The van der Waals surface area contributed by atoms with Crippen LogP contribution in [0.3, 0.4) is 0 Å². The summed E-state index contributed by atoms with van der Waals surface area (Å²) in [6.07, 6.45) is 0. The first-order valence-electron chi connectivity index (χ1n) is 10.3. The largest absolute Gasteiger partial charge is 0.348 e. The molecule has 0 unspecified atom stereocenters. The zero-order valence-corrected chi connectivity index (χ0v) is 20.2. The number of rotatable bonds is 7. The lowest BCUT2D eigenvalue weighted by Crippen LogP contribution is -2.41. The van der Waals surface area contributed by atoms with Gasteiger partial charge < -0.3 is 5.32 Å². The Morgan fingerprint density at radius 2 is 1.59 bits per heavy atom. The maximum absolute atomic E-state index is 13.5. The second kappa shape index (κ2) is 9.76. The highest BCUT2D eigenvalue weighted by Crippen LogP contribution is 2.30. The molecule has 0 aliphatic rings. The van der Waals surface area contributed by atoms with Crippen molar-refractivity contribution in [2.24, 2.45) is 0 Å². The van der Waals surface area contributed by atoms with Crippen LogP contribution >= 0.6 is 11.6 Å². The van der Waals surface area contributed by atoms with Crippen molar-refractivity contribution >= 4 is 33.2 Å². The van der Waals surface area contributed by atoms with E-state index in [1.165, 1.54) is 12.1 Å². The maximum atomic E-state index is 13.5. The minimum absolute atomic E-state index is 0.0956. The van der Waals surface area contributed by atoms with Crippen molar-refractivity contribution in [2.45, 2.75) is 38.6 Å². The van der Waals surface area contributed by atoms with Gasteiger partial charge in [-0.3, -0.25) is 9.10 Å². The number of carbonyl (C=O) groups excluding carboxylic acids is 1. The van der Waals surface area contributed by atoms with E-state index >= 15 is 0 Å². The SMILES string of the molecule is Cc1ccc(S(=O)(=O)N(CC(=O)N[C@H](C)c2ccc(C)cc2C)c2ccccc2Cl)cc1. The van der Waals surface area contributed by atoms with E-state index in [-0.39, 0.29) is 21.6 Å². The summed E-state index contributed by atoms with van der Waals surface area (Å²) in [5.41, 5.74) is 4.37. The van der Waals surface area contributed by atoms with E-state index < -0.39 is 22.5 Å². The molecule has 0 aliphatic heterocycles. The van der Waals surface area contributed by atoms with Gasteiger partial charge in [0.15, 0.2) is 0 Å². The summed E-state index contributed by atoms with van der Waals surface area (Å²) >= 11 is 6.32. The fourth-order valence-electron chi connectivity index (χ4n) is 3.60. The highest BCUT2D eigenvalue weighted by molar-refractivity contribution is 7.92. The number of amides is 1. The van der Waals surface area contributed by atoms with Gasteiger partial charge in [-0.2, -0.15) is 0 Å². The summed E-state index contributed by atoms with van der Waals surface area (Å²) in [7, 11) is -4.01. The van der Waals surface area contributed by atoms with Gasteiger partial charge in [0.25, 0.3) is 10.0 Å². The topological polar surface area (TPSA) is 66.5 Å². The molecule has 0 bridgehead atoms. The Labute approximate surface area is 195 Å². The first-order chi connectivity index (χ1) is 15.1. The lowest BCUT2D eigenvalue weighted by molar-refractivity contribution is -0.120. The van der Waals surface area contributed by atoms with E-state index in [4.69, 9.17) is 11.6 Å². The average Bonchev–Trinajstić information content (AvgIpc) is 2.72. The van der Waals surface area contributed by atoms with Gasteiger partial charge in [0, 0.05) is 0 Å². The Hall–Kier alpha value is -2.83. The van der Waals surface area contributed by atoms with Crippen molar-refractivity contribution in [3.05, 3.63) is 94.0 Å². The van der Waals surface area contributed by atoms with Crippen LogP contribution in [0.25, 0.3) is 0 Å². The van der Waals surface area contributed by atoms with Crippen LogP contribution in [0.5, 0.6) is 0 Å². The van der Waals surface area contributed by atoms with Crippen molar-refractivity contribution in [3.8, 4) is 0 Å². The number of para-hydroxylation sites is 1. The Balaban J connectivity index is 1.91. The smallest absolute Gasteiger partial charge is 0.264 e. The van der Waals surface area contributed by atoms with Gasteiger partial charge in [-0.05, 0) is 63.1 Å². The summed E-state index contributed by atoms with van der Waals surface area (Å²) in [4.78, 5) is 13.1. The molecule has 3 aromatic rings. The molecule has 0 fully saturated rings. The predicted octanol–water partition coefficient (Wildman–Crippen LogP) is 5.34. The quantitative estimate of drug-likeness (QED) is 0.507. The molecular formula is C25H27ClN2O3S. The summed E-state index contributed by atoms with van der Waals surface area (Å²) in [6, 6.07) is 18.8. The molecule has 7 heteroatoms. The van der Waals surface area contributed by atoms with Crippen LogP contribution in [-0.4, -0.2) is 20.9 Å². The Morgan fingerprint density at radius 1 is 0.969 bits per heavy atom. The lowest BCUT2D eigenvalue weighted by atomic mass is 10.0. The average molecular weight is 471 g/mol. The fourth-order valence-corrected chi connectivity index (χ4v) is 5.33. The van der Waals surface area contributed by atoms with Crippen molar-refractivity contribution in [3.63, 3.8) is 0 Å². The van der Waals surface area contributed by atoms with E-state index in [0.717, 1.165) is 26.6 Å². The van der Waals surface area contributed by atoms with E-state index in [1.54, 1.807) is 36.4 Å². The molecule has 1 N–H and O–H groups in total. The van der Waals surface area contributed by atoms with Crippen molar-refractivity contribution < 1.29 is 13.2 Å². The molecule has 3 aromatic carbocycles. The standard InChI is InChI=1S/C25H27ClN2O3S/c1-17-9-12-21(13-10-17)32(30,31)28(24-8-6-5-7-23(24)26)16-25(29)27-20(4)22-14-11-18(2)15-19(22)3/h5-15,20H,16H2,1-4H3,(H,27,29)/t20-/m1/s1. The molecule has 1 amide bonds. The van der Waals surface area contributed by atoms with Gasteiger partial charge in [0.2, 0.25) is 5.91 Å². The zero-order chi connectivity index (χ0) is 23.5. The van der Waals surface area contributed by atoms with Gasteiger partial charge in [0.05, 0.1) is 21.6 Å². The second-order valence-corrected chi connectivity index (χ2v) is 10.2. The highest BCUT2D eigenvalue weighted by atomic mass is 35.5. The molecule has 1 atom stereocenters. The van der Waals surface area contributed by atoms with Gasteiger partial charge in [0.1, 0.15) is 6.54 Å². The Kier molecular flexibility index (Phi) is 7.26. The minimum atomic E-state index is -4.01. The first kappa shape index (κ1) is 23.8. The van der Waals surface area contributed by atoms with Crippen LogP contribution in [0.1, 0.15) is 35.2 Å². The fraction of sp³-hybridized carbons (Fsp3) is 0.240. The molecule has 32 heavy (non-hydrogen) atoms. The summed E-state index contributed by atoms with van der Waals surface area (Å²) in [5.74, 6) is -0.423. The first-order valence-corrected chi connectivity index (χ1v) is 12.1. The molecule has 5 nitrogen and oxygen atoms in total. The summed E-state index contributed by atoms with van der Waals surface area (Å²) in [6.45, 7) is 7.36. The summed E-state index contributed by atoms with van der Waals surface area (Å²) < 4.78 is 28.0. The Morgan fingerprint density at radius 3 is 2.22 bits per heavy atom. The molecule has 3 rings (SSSR count). The van der Waals surface area contributed by atoms with Crippen LogP contribution in [0, 0.1) is 20.8 Å². The third kappa shape index (κ3) is 5.31. The van der Waals surface area contributed by atoms with Gasteiger partial charge in [-0.15, -0.1) is 0 Å². The molecule has 0 saturated heterocycles. The number of hydrogen-bond donors (Lipinski definition) is 1. The van der Waals surface area contributed by atoms with Crippen LogP contribution in [0.15, 0.2) is 71.6 Å². The number of aryl methyl sites for hydroxylation is 3. The lowest BCUT2D eigenvalue weighted by Gasteiger charge is -2.26. The van der Waals surface area contributed by atoms with Crippen LogP contribution in [-0.2, 0) is 14.8 Å². The molecule has 168 valence electrons. The maximum Gasteiger partial charge on any atom is 0.264 e. The molecule has 0 spiro atoms. The number of nitrogens with one attached hydrogen (secondary N) is 1. The second-order valence-electron chi connectivity index (χ2n) is 7.93. The number of nitrogens with zero attached hydrogens (tertiary/aromatic N) is 1. The molecular weight excluding hydrogens is 444 g/mol. The van der Waals surface area contributed by atoms with Crippen molar-refractivity contribution in [2.75, 3.05) is 10.8 Å². The molecule has 0 aliphatic carbocycles. The van der Waals surface area contributed by atoms with E-state index in [9.17, 15) is 13.2 Å². The molecule has 0 heterocycles. The summed E-state index contributed by atoms with van der Waals surface area (Å²) in [5, 5.41) is 3.17. The molecule has 0 radical (unpaired) electrons. The number of benzene rings is 3. The molecule has 0 saturated carbocycles. The normalized spacial score (nSPS) is 12.3. The monoisotopic (exact) mass is 470 g/mol. The van der Waals surface area contributed by atoms with Crippen LogP contribution < -0.4 is 9.62 Å². The van der Waals surface area contributed by atoms with E-state index in [0.29, 0.717) is 0 Å². The Bertz CT molecular complexity index is 1220. The van der Waals surface area contributed by atoms with Gasteiger partial charge >= 0.3 is 0 Å². The number of anilines is 1. The van der Waals surface area contributed by atoms with Crippen molar-refractivity contribution in [1.29, 1.82) is 0 Å². The zero-order valence-electron chi connectivity index (χ0n) is 18.6. The molecule has 0 aromatic heterocycles. The number of carbonyl (C=O) groups is 1. The highest BCUT2D eigenvalue weighted by Gasteiger charge is 2.29. The predicted molar refractivity (Wildman–Crippen MR) is 130 cm³/mol. The van der Waals surface area contributed by atoms with E-state index in [2.05, 4.69) is 11.4 Å². The van der Waals surface area contributed by atoms with Crippen molar-refractivity contribution in [1.82, 2.24) is 5.32 Å². The van der Waals surface area contributed by atoms with Crippen LogP contribution in [0.4, 0.5) is 5.69 Å².